The van der Waals surface area contributed by atoms with E-state index in [2.05, 4.69) is 20.7 Å². The maximum Gasteiger partial charge on any atom is 0.117 e. The molecule has 0 radical (unpaired) electrons. The number of nitrogens with zero attached hydrogens (tertiary/aromatic N) is 2. The molecule has 0 spiro atoms. The summed E-state index contributed by atoms with van der Waals surface area (Å²) in [4.78, 5) is 4.02. The molecule has 0 aliphatic carbocycles. The molecule has 0 amide bonds. The largest absolute Gasteiger partial charge is 0.375 e. The maximum atomic E-state index is 4.41. The van der Waals surface area contributed by atoms with Gasteiger partial charge >= 0.3 is 0 Å². The fourth-order valence-corrected chi connectivity index (χ4v) is 2.67. The van der Waals surface area contributed by atoms with Gasteiger partial charge in [-0.15, -0.1) is 0 Å². The molecule has 0 aliphatic rings. The summed E-state index contributed by atoms with van der Waals surface area (Å²) in [5.74, 6) is 0. The molecular formula is C14H13N3S. The van der Waals surface area contributed by atoms with Gasteiger partial charge in [0.2, 0.25) is 0 Å². The van der Waals surface area contributed by atoms with Crippen LogP contribution in [0.2, 0.25) is 0 Å². The van der Waals surface area contributed by atoms with Crippen molar-refractivity contribution in [3.63, 3.8) is 0 Å². The van der Waals surface area contributed by atoms with Gasteiger partial charge in [0.05, 0.1) is 5.52 Å². The number of hydrogen-bond donors (Lipinski definition) is 1. The molecule has 0 saturated carbocycles. The summed E-state index contributed by atoms with van der Waals surface area (Å²) < 4.78 is 4.41. The molecule has 1 N–H and O–H groups in total. The molecule has 3 aromatic rings. The van der Waals surface area contributed by atoms with Crippen molar-refractivity contribution in [1.29, 1.82) is 0 Å². The average Bonchev–Trinajstić information content (AvgIpc) is 2.84. The third-order valence-electron chi connectivity index (χ3n) is 2.83. The molecule has 0 atom stereocenters. The highest BCUT2D eigenvalue weighted by atomic mass is 32.1. The number of rotatable bonds is 4. The van der Waals surface area contributed by atoms with E-state index < -0.39 is 0 Å². The smallest absolute Gasteiger partial charge is 0.117 e. The van der Waals surface area contributed by atoms with E-state index >= 15 is 0 Å². The van der Waals surface area contributed by atoms with Crippen molar-refractivity contribution in [2.75, 3.05) is 11.9 Å². The van der Waals surface area contributed by atoms with Crippen molar-refractivity contribution >= 4 is 27.4 Å². The second-order valence-corrected chi connectivity index (χ2v) is 4.83. The number of aromatic nitrogens is 2. The van der Waals surface area contributed by atoms with Crippen LogP contribution in [0.3, 0.4) is 0 Å². The second kappa shape index (κ2) is 5.14. The van der Waals surface area contributed by atoms with E-state index in [4.69, 9.17) is 0 Å². The third kappa shape index (κ3) is 2.33. The van der Waals surface area contributed by atoms with Crippen LogP contribution >= 0.6 is 11.5 Å². The third-order valence-corrected chi connectivity index (χ3v) is 3.67. The topological polar surface area (TPSA) is 37.8 Å². The molecule has 0 aliphatic heterocycles. The highest BCUT2D eigenvalue weighted by molar-refractivity contribution is 7.11. The Hall–Kier alpha value is -1.94. The van der Waals surface area contributed by atoms with Crippen molar-refractivity contribution in [2.24, 2.45) is 0 Å². The lowest BCUT2D eigenvalue weighted by atomic mass is 10.2. The number of pyridine rings is 1. The summed E-state index contributed by atoms with van der Waals surface area (Å²) in [6.07, 6.45) is 4.66. The van der Waals surface area contributed by atoms with Gasteiger partial charge in [-0.2, -0.15) is 4.37 Å². The monoisotopic (exact) mass is 255 g/mol. The second-order valence-electron chi connectivity index (χ2n) is 4.06. The van der Waals surface area contributed by atoms with Crippen LogP contribution in [0.4, 0.5) is 5.00 Å². The summed E-state index contributed by atoms with van der Waals surface area (Å²) in [6.45, 7) is 0.913. The zero-order chi connectivity index (χ0) is 12.2. The Labute approximate surface area is 110 Å². The summed E-state index contributed by atoms with van der Waals surface area (Å²) in [7, 11) is 0. The van der Waals surface area contributed by atoms with Crippen LogP contribution in [-0.4, -0.2) is 15.9 Å². The predicted octanol–water partition coefficient (Wildman–Crippen LogP) is 3.35. The van der Waals surface area contributed by atoms with Gasteiger partial charge in [-0.1, -0.05) is 12.1 Å². The van der Waals surface area contributed by atoms with Gasteiger partial charge in [0.15, 0.2) is 0 Å². The lowest BCUT2D eigenvalue weighted by Gasteiger charge is -2.03. The summed E-state index contributed by atoms with van der Waals surface area (Å²) >= 11 is 1.52. The number of nitrogens with one attached hydrogen (secondary N) is 1. The Morgan fingerprint density at radius 2 is 1.89 bits per heavy atom. The first-order valence-corrected chi connectivity index (χ1v) is 6.68. The molecule has 3 rings (SSSR count). The summed E-state index contributed by atoms with van der Waals surface area (Å²) in [6, 6.07) is 12.3. The molecule has 18 heavy (non-hydrogen) atoms. The quantitative estimate of drug-likeness (QED) is 0.777. The minimum absolute atomic E-state index is 0.913. The molecule has 0 saturated heterocycles. The van der Waals surface area contributed by atoms with Crippen molar-refractivity contribution < 1.29 is 0 Å². The van der Waals surface area contributed by atoms with E-state index in [-0.39, 0.29) is 0 Å². The van der Waals surface area contributed by atoms with Crippen LogP contribution in [0.15, 0.2) is 48.8 Å². The Kier molecular flexibility index (Phi) is 3.19. The minimum Gasteiger partial charge on any atom is -0.375 e. The lowest BCUT2D eigenvalue weighted by molar-refractivity contribution is 1.02. The van der Waals surface area contributed by atoms with Gasteiger partial charge in [-0.05, 0) is 47.8 Å². The predicted molar refractivity (Wildman–Crippen MR) is 76.1 cm³/mol. The van der Waals surface area contributed by atoms with Crippen molar-refractivity contribution in [3.05, 3.63) is 54.4 Å². The molecule has 2 aromatic heterocycles. The molecular weight excluding hydrogens is 242 g/mol. The zero-order valence-corrected chi connectivity index (χ0v) is 10.7. The fraction of sp³-hybridized carbons (Fsp3) is 0.143. The molecule has 4 heteroatoms. The number of hydrogen-bond acceptors (Lipinski definition) is 4. The van der Waals surface area contributed by atoms with E-state index in [1.807, 2.05) is 42.7 Å². The maximum absolute atomic E-state index is 4.41. The van der Waals surface area contributed by atoms with Gasteiger partial charge in [-0.3, -0.25) is 4.98 Å². The van der Waals surface area contributed by atoms with E-state index in [1.54, 1.807) is 0 Å². The Balaban J connectivity index is 1.67. The number of anilines is 1. The zero-order valence-electron chi connectivity index (χ0n) is 9.84. The molecule has 0 fully saturated rings. The molecule has 90 valence electrons. The minimum atomic E-state index is 0.913. The summed E-state index contributed by atoms with van der Waals surface area (Å²) in [5, 5.41) is 5.81. The average molecular weight is 255 g/mol. The lowest BCUT2D eigenvalue weighted by Crippen LogP contribution is -2.03. The van der Waals surface area contributed by atoms with Crippen LogP contribution in [-0.2, 0) is 6.42 Å². The van der Waals surface area contributed by atoms with Gasteiger partial charge < -0.3 is 5.32 Å². The van der Waals surface area contributed by atoms with E-state index in [9.17, 15) is 0 Å². The van der Waals surface area contributed by atoms with E-state index in [0.717, 1.165) is 23.5 Å². The molecule has 3 nitrogen and oxygen atoms in total. The van der Waals surface area contributed by atoms with Crippen molar-refractivity contribution in [3.8, 4) is 0 Å². The Morgan fingerprint density at radius 1 is 1.06 bits per heavy atom. The highest BCUT2D eigenvalue weighted by Gasteiger charge is 2.03. The Morgan fingerprint density at radius 3 is 2.78 bits per heavy atom. The van der Waals surface area contributed by atoms with E-state index in [1.165, 1.54) is 22.5 Å². The van der Waals surface area contributed by atoms with Crippen molar-refractivity contribution in [1.82, 2.24) is 9.36 Å². The normalized spacial score (nSPS) is 10.7. The van der Waals surface area contributed by atoms with Gasteiger partial charge in [-0.25, -0.2) is 0 Å². The van der Waals surface area contributed by atoms with Crippen LogP contribution in [0.1, 0.15) is 5.56 Å². The Bertz CT molecular complexity index is 634. The van der Waals surface area contributed by atoms with E-state index in [0.29, 0.717) is 0 Å². The number of fused-ring (bicyclic) bond motifs is 1. The van der Waals surface area contributed by atoms with Gasteiger partial charge in [0, 0.05) is 24.3 Å². The SMILES string of the molecule is c1ccc2c(NCCc3ccncc3)snc2c1. The first-order valence-electron chi connectivity index (χ1n) is 5.91. The van der Waals surface area contributed by atoms with Gasteiger partial charge in [0.1, 0.15) is 5.00 Å². The van der Waals surface area contributed by atoms with Gasteiger partial charge in [0.25, 0.3) is 0 Å². The van der Waals surface area contributed by atoms with Crippen LogP contribution in [0.25, 0.3) is 10.9 Å². The van der Waals surface area contributed by atoms with Crippen LogP contribution in [0.5, 0.6) is 0 Å². The molecule has 0 bridgehead atoms. The fourth-order valence-electron chi connectivity index (χ4n) is 1.89. The summed E-state index contributed by atoms with van der Waals surface area (Å²) in [5.41, 5.74) is 2.36. The standard InChI is InChI=1S/C14H13N3S/c1-2-4-13-12(3-1)14(18-17-13)16-10-7-11-5-8-15-9-6-11/h1-6,8-9,16H,7,10H2. The highest BCUT2D eigenvalue weighted by Crippen LogP contribution is 2.26. The molecule has 0 unspecified atom stereocenters. The van der Waals surface area contributed by atoms with Crippen molar-refractivity contribution in [2.45, 2.75) is 6.42 Å². The van der Waals surface area contributed by atoms with Crippen LogP contribution in [0, 0.1) is 0 Å². The number of benzene rings is 1. The molecule has 2 heterocycles. The molecule has 1 aromatic carbocycles. The first kappa shape index (κ1) is 11.2. The van der Waals surface area contributed by atoms with Crippen LogP contribution < -0.4 is 5.32 Å². The first-order chi connectivity index (χ1) is 8.93.